The number of hydrogen-bond donors (Lipinski definition) is 2. The molecule has 1 aromatic carbocycles. The third kappa shape index (κ3) is 5.81. The highest BCUT2D eigenvalue weighted by Gasteiger charge is 2.23. The number of fused-ring (bicyclic) bond motifs is 1. The highest BCUT2D eigenvalue weighted by atomic mass is 35.5. The van der Waals surface area contributed by atoms with Crippen molar-refractivity contribution in [1.82, 2.24) is 20.1 Å². The highest BCUT2D eigenvalue weighted by molar-refractivity contribution is 7.99. The number of nitrogens with one attached hydrogen (secondary N) is 2. The Morgan fingerprint density at radius 1 is 1.36 bits per heavy atom. The summed E-state index contributed by atoms with van der Waals surface area (Å²) >= 11 is 8.74. The minimum absolute atomic E-state index is 0.103. The van der Waals surface area contributed by atoms with Crippen LogP contribution in [0.5, 0.6) is 0 Å². The van der Waals surface area contributed by atoms with E-state index in [4.69, 9.17) is 11.6 Å². The van der Waals surface area contributed by atoms with Crippen molar-refractivity contribution in [3.63, 3.8) is 0 Å². The average Bonchev–Trinajstić information content (AvgIpc) is 3.43. The van der Waals surface area contributed by atoms with Crippen LogP contribution in [0.1, 0.15) is 58.0 Å². The molecule has 1 aliphatic rings. The molecule has 2 N–H and O–H groups in total. The van der Waals surface area contributed by atoms with E-state index < -0.39 is 6.04 Å². The largest absolute Gasteiger partial charge is 0.342 e. The second-order valence-electron chi connectivity index (χ2n) is 8.31. The van der Waals surface area contributed by atoms with Gasteiger partial charge in [0.15, 0.2) is 11.0 Å². The first-order valence-corrected chi connectivity index (χ1v) is 13.7. The molecule has 0 saturated carbocycles. The first-order valence-electron chi connectivity index (χ1n) is 11.5. The Hall–Kier alpha value is -3.13. The molecule has 0 fully saturated rings. The van der Waals surface area contributed by atoms with E-state index in [-0.39, 0.29) is 17.6 Å². The van der Waals surface area contributed by atoms with Gasteiger partial charge in [0.2, 0.25) is 5.91 Å². The van der Waals surface area contributed by atoms with E-state index in [9.17, 15) is 14.9 Å². The molecule has 0 bridgehead atoms. The zero-order valence-electron chi connectivity index (χ0n) is 19.7. The minimum atomic E-state index is -0.442. The van der Waals surface area contributed by atoms with Gasteiger partial charge in [0.25, 0.3) is 5.91 Å². The number of aryl methyl sites for hydroxylation is 1. The van der Waals surface area contributed by atoms with Gasteiger partial charge in [-0.1, -0.05) is 35.5 Å². The lowest BCUT2D eigenvalue weighted by molar-refractivity contribution is -0.113. The van der Waals surface area contributed by atoms with Crippen molar-refractivity contribution in [2.75, 3.05) is 11.1 Å². The van der Waals surface area contributed by atoms with E-state index in [2.05, 4.69) is 33.5 Å². The van der Waals surface area contributed by atoms with Crippen molar-refractivity contribution in [3.05, 3.63) is 69.3 Å². The number of halogens is 1. The van der Waals surface area contributed by atoms with Crippen LogP contribution in [0.25, 0.3) is 0 Å². The fourth-order valence-corrected chi connectivity index (χ4v) is 6.27. The summed E-state index contributed by atoms with van der Waals surface area (Å²) in [4.78, 5) is 26.6. The molecule has 1 unspecified atom stereocenters. The number of carbonyl (C=O) groups excluding carboxylic acids is 2. The molecule has 186 valence electrons. The summed E-state index contributed by atoms with van der Waals surface area (Å²) in [6.45, 7) is 6.03. The van der Waals surface area contributed by atoms with Gasteiger partial charge < -0.3 is 15.2 Å². The number of allylic oxidation sites excluding steroid dienone is 1. The number of thioether (sulfide) groups is 1. The highest BCUT2D eigenvalue weighted by Crippen LogP contribution is 2.37. The van der Waals surface area contributed by atoms with Crippen molar-refractivity contribution in [1.29, 1.82) is 5.26 Å². The lowest BCUT2D eigenvalue weighted by Gasteiger charge is -2.15. The number of amides is 2. The predicted octanol–water partition coefficient (Wildman–Crippen LogP) is 5.15. The fourth-order valence-electron chi connectivity index (χ4n) is 4.07. The third-order valence-electron chi connectivity index (χ3n) is 5.75. The molecule has 0 radical (unpaired) electrons. The summed E-state index contributed by atoms with van der Waals surface area (Å²) < 4.78 is 1.82. The van der Waals surface area contributed by atoms with Gasteiger partial charge in [0, 0.05) is 22.0 Å². The first kappa shape index (κ1) is 25.9. The number of benzene rings is 1. The third-order valence-corrected chi connectivity index (χ3v) is 8.16. The molecular weight excluding hydrogens is 516 g/mol. The molecule has 2 heterocycles. The van der Waals surface area contributed by atoms with E-state index in [1.54, 1.807) is 30.3 Å². The second kappa shape index (κ2) is 11.7. The topological polar surface area (TPSA) is 113 Å². The van der Waals surface area contributed by atoms with Crippen LogP contribution < -0.4 is 10.6 Å². The van der Waals surface area contributed by atoms with Gasteiger partial charge in [-0.2, -0.15) is 5.26 Å². The zero-order chi connectivity index (χ0) is 25.7. The molecule has 8 nitrogen and oxygen atoms in total. The number of aromatic nitrogens is 3. The molecule has 2 aromatic heterocycles. The molecule has 11 heteroatoms. The number of hydrogen-bond acceptors (Lipinski definition) is 7. The van der Waals surface area contributed by atoms with Gasteiger partial charge in [0.1, 0.15) is 11.1 Å². The maximum atomic E-state index is 12.7. The summed E-state index contributed by atoms with van der Waals surface area (Å²) in [7, 11) is 0. The minimum Gasteiger partial charge on any atom is -0.342 e. The summed E-state index contributed by atoms with van der Waals surface area (Å²) in [6, 6.07) is 8.52. The molecule has 4 rings (SSSR count). The first-order chi connectivity index (χ1) is 17.4. The van der Waals surface area contributed by atoms with Crippen LogP contribution >= 0.6 is 34.7 Å². The molecule has 0 spiro atoms. The van der Waals surface area contributed by atoms with Crippen LogP contribution in [0.4, 0.5) is 5.00 Å². The van der Waals surface area contributed by atoms with Gasteiger partial charge in [-0.15, -0.1) is 28.1 Å². The Kier molecular flexibility index (Phi) is 8.46. The summed E-state index contributed by atoms with van der Waals surface area (Å²) in [5.41, 5.74) is 2.12. The fraction of sp³-hybridized carbons (Fsp3) is 0.320. The quantitative estimate of drug-likeness (QED) is 0.286. The Morgan fingerprint density at radius 3 is 2.92 bits per heavy atom. The summed E-state index contributed by atoms with van der Waals surface area (Å²) in [5.74, 6) is 0.156. The molecule has 3 aromatic rings. The molecule has 1 aliphatic carbocycles. The zero-order valence-corrected chi connectivity index (χ0v) is 22.1. The Labute approximate surface area is 222 Å². The van der Waals surface area contributed by atoms with Crippen molar-refractivity contribution >= 4 is 51.5 Å². The van der Waals surface area contributed by atoms with Crippen molar-refractivity contribution < 1.29 is 9.59 Å². The summed E-state index contributed by atoms with van der Waals surface area (Å²) in [5, 5.41) is 25.6. The van der Waals surface area contributed by atoms with E-state index in [1.165, 1.54) is 28.0 Å². The Morgan fingerprint density at radius 2 is 2.17 bits per heavy atom. The maximum absolute atomic E-state index is 12.7. The van der Waals surface area contributed by atoms with E-state index in [0.29, 0.717) is 38.7 Å². The molecular formula is C25H25ClN6O2S2. The average molecular weight is 541 g/mol. The van der Waals surface area contributed by atoms with Crippen LogP contribution in [0, 0.1) is 11.3 Å². The normalized spacial score (nSPS) is 13.4. The molecule has 36 heavy (non-hydrogen) atoms. The molecule has 0 saturated heterocycles. The van der Waals surface area contributed by atoms with Crippen molar-refractivity contribution in [2.24, 2.45) is 0 Å². The lowest BCUT2D eigenvalue weighted by atomic mass is 9.96. The number of nitrogens with zero attached hydrogens (tertiary/aromatic N) is 4. The van der Waals surface area contributed by atoms with Gasteiger partial charge in [0.05, 0.1) is 17.4 Å². The van der Waals surface area contributed by atoms with E-state index >= 15 is 0 Å². The molecule has 1 atom stereocenters. The van der Waals surface area contributed by atoms with E-state index in [0.717, 1.165) is 31.2 Å². The van der Waals surface area contributed by atoms with Crippen LogP contribution in [0.2, 0.25) is 5.02 Å². The van der Waals surface area contributed by atoms with Crippen LogP contribution in [-0.2, 0) is 24.2 Å². The van der Waals surface area contributed by atoms with Crippen molar-refractivity contribution in [3.8, 4) is 6.07 Å². The van der Waals surface area contributed by atoms with Crippen LogP contribution in [-0.4, -0.2) is 32.3 Å². The Bertz CT molecular complexity index is 1340. The number of nitriles is 1. The number of rotatable bonds is 9. The number of anilines is 1. The Balaban J connectivity index is 1.42. The standard InChI is InChI=1S/C25H25ClN6O2S2/c1-3-11-32-22(15(2)28-23(34)16-7-6-8-17(26)12-16)30-31-25(32)35-14-21(33)29-24-19(13-27)18-9-4-5-10-20(18)36-24/h3,6-8,12,15H,1,4-5,9-11,14H2,2H3,(H,28,34)(H,29,33). The van der Waals surface area contributed by atoms with Gasteiger partial charge in [-0.05, 0) is 56.4 Å². The molecule has 2 amide bonds. The predicted molar refractivity (Wildman–Crippen MR) is 143 cm³/mol. The van der Waals surface area contributed by atoms with E-state index in [1.807, 2.05) is 11.5 Å². The number of carbonyl (C=O) groups is 2. The number of thiophene rings is 1. The van der Waals surface area contributed by atoms with Crippen LogP contribution in [0.15, 0.2) is 42.1 Å². The van der Waals surface area contributed by atoms with Gasteiger partial charge >= 0.3 is 0 Å². The smallest absolute Gasteiger partial charge is 0.251 e. The van der Waals surface area contributed by atoms with Gasteiger partial charge in [-0.3, -0.25) is 9.59 Å². The monoisotopic (exact) mass is 540 g/mol. The van der Waals surface area contributed by atoms with Crippen LogP contribution in [0.3, 0.4) is 0 Å². The lowest BCUT2D eigenvalue weighted by Crippen LogP contribution is -2.28. The maximum Gasteiger partial charge on any atom is 0.251 e. The SMILES string of the molecule is C=CCn1c(SCC(=O)Nc2sc3c(c2C#N)CCCC3)nnc1C(C)NC(=O)c1cccc(Cl)c1. The molecule has 0 aliphatic heterocycles. The second-order valence-corrected chi connectivity index (χ2v) is 10.8. The summed E-state index contributed by atoms with van der Waals surface area (Å²) in [6.07, 6.45) is 5.73. The van der Waals surface area contributed by atoms with Crippen molar-refractivity contribution in [2.45, 2.75) is 50.4 Å². The van der Waals surface area contributed by atoms with Gasteiger partial charge in [-0.25, -0.2) is 0 Å².